The average Bonchev–Trinajstić information content (AvgIpc) is 3.37. The molecule has 2 heterocycles. The maximum absolute atomic E-state index is 12.0. The Balaban J connectivity index is 1.51. The Morgan fingerprint density at radius 2 is 2.03 bits per heavy atom. The Labute approximate surface area is 183 Å². The molecule has 4 rings (SSSR count). The predicted octanol–water partition coefficient (Wildman–Crippen LogP) is 4.94. The van der Waals surface area contributed by atoms with Gasteiger partial charge >= 0.3 is 0 Å². The molecule has 0 aliphatic carbocycles. The number of rotatable bonds is 4. The zero-order chi connectivity index (χ0) is 22.0. The van der Waals surface area contributed by atoms with Crippen molar-refractivity contribution in [2.24, 2.45) is 0 Å². The molecule has 0 radical (unpaired) electrons. The molecule has 3 N–H and O–H groups in total. The Hall–Kier alpha value is -3.91. The average molecular weight is 433 g/mol. The van der Waals surface area contributed by atoms with Gasteiger partial charge in [-0.2, -0.15) is 0 Å². The summed E-state index contributed by atoms with van der Waals surface area (Å²) < 4.78 is 11.0. The number of carbonyl (C=O) groups excluding carboxylic acids is 1. The Morgan fingerprint density at radius 1 is 1.19 bits per heavy atom. The molecule has 4 aromatic rings. The monoisotopic (exact) mass is 433 g/mol. The Kier molecular flexibility index (Phi) is 5.55. The maximum Gasteiger partial charge on any atom is 0.250 e. The molecule has 0 aliphatic heterocycles. The van der Waals surface area contributed by atoms with Crippen LogP contribution in [0.1, 0.15) is 16.9 Å². The van der Waals surface area contributed by atoms with Crippen molar-refractivity contribution >= 4 is 46.1 Å². The normalized spacial score (nSPS) is 11.2. The topological polar surface area (TPSA) is 101 Å². The molecular formula is C23H19N3O4S. The molecule has 0 unspecified atom stereocenters. The van der Waals surface area contributed by atoms with Crippen molar-refractivity contribution in [3.63, 3.8) is 0 Å². The van der Waals surface area contributed by atoms with Gasteiger partial charge in [-0.1, -0.05) is 6.07 Å². The molecule has 156 valence electrons. The summed E-state index contributed by atoms with van der Waals surface area (Å²) in [5.41, 5.74) is 4.40. The minimum atomic E-state index is -0.405. The molecule has 0 spiro atoms. The van der Waals surface area contributed by atoms with Crippen LogP contribution in [-0.2, 0) is 4.79 Å². The van der Waals surface area contributed by atoms with E-state index in [1.807, 2.05) is 26.0 Å². The van der Waals surface area contributed by atoms with E-state index in [1.54, 1.807) is 24.3 Å². The molecule has 1 amide bonds. The molecule has 2 aromatic carbocycles. The summed E-state index contributed by atoms with van der Waals surface area (Å²) in [7, 11) is 0. The molecule has 8 heteroatoms. The zero-order valence-corrected chi connectivity index (χ0v) is 17.6. The summed E-state index contributed by atoms with van der Waals surface area (Å²) in [6.45, 7) is 3.94. The fourth-order valence-electron chi connectivity index (χ4n) is 3.14. The van der Waals surface area contributed by atoms with Gasteiger partial charge in [0.2, 0.25) is 11.8 Å². The van der Waals surface area contributed by atoms with Crippen molar-refractivity contribution in [3.8, 4) is 17.2 Å². The highest BCUT2D eigenvalue weighted by molar-refractivity contribution is 7.80. The van der Waals surface area contributed by atoms with Crippen molar-refractivity contribution in [3.05, 3.63) is 71.7 Å². The summed E-state index contributed by atoms with van der Waals surface area (Å²) in [6, 6.07) is 12.2. The van der Waals surface area contributed by atoms with Gasteiger partial charge in [0.25, 0.3) is 0 Å². The molecule has 2 aromatic heterocycles. The van der Waals surface area contributed by atoms with E-state index >= 15 is 0 Å². The highest BCUT2D eigenvalue weighted by Gasteiger charge is 2.15. The summed E-state index contributed by atoms with van der Waals surface area (Å²) in [4.78, 5) is 16.5. The second-order valence-corrected chi connectivity index (χ2v) is 7.38. The summed E-state index contributed by atoms with van der Waals surface area (Å²) in [5.74, 6) is 0.461. The maximum atomic E-state index is 12.0. The van der Waals surface area contributed by atoms with E-state index in [1.165, 1.54) is 24.5 Å². The quantitative estimate of drug-likeness (QED) is 0.238. The highest BCUT2D eigenvalue weighted by Crippen LogP contribution is 2.34. The third-order valence-corrected chi connectivity index (χ3v) is 4.69. The van der Waals surface area contributed by atoms with Crippen molar-refractivity contribution in [1.29, 1.82) is 0 Å². The molecule has 7 nitrogen and oxygen atoms in total. The fourth-order valence-corrected chi connectivity index (χ4v) is 3.36. The number of phenolic OH excluding ortho intramolecular Hbond substituents is 1. The number of hydrogen-bond donors (Lipinski definition) is 3. The van der Waals surface area contributed by atoms with Gasteiger partial charge < -0.3 is 19.3 Å². The summed E-state index contributed by atoms with van der Waals surface area (Å²) in [5, 5.41) is 15.9. The minimum absolute atomic E-state index is 0.0165. The van der Waals surface area contributed by atoms with Gasteiger partial charge in [0, 0.05) is 11.8 Å². The van der Waals surface area contributed by atoms with Crippen LogP contribution in [0.15, 0.2) is 63.6 Å². The highest BCUT2D eigenvalue weighted by atomic mass is 32.1. The molecule has 0 saturated carbocycles. The number of nitrogens with one attached hydrogen (secondary N) is 2. The molecule has 31 heavy (non-hydrogen) atoms. The van der Waals surface area contributed by atoms with E-state index in [4.69, 9.17) is 21.1 Å². The van der Waals surface area contributed by atoms with Gasteiger partial charge in [0.05, 0.1) is 11.8 Å². The van der Waals surface area contributed by atoms with E-state index in [9.17, 15) is 9.90 Å². The van der Waals surface area contributed by atoms with Crippen LogP contribution in [-0.4, -0.2) is 21.1 Å². The number of nitrogens with zero attached hydrogens (tertiary/aromatic N) is 1. The van der Waals surface area contributed by atoms with Crippen molar-refractivity contribution in [2.75, 3.05) is 5.32 Å². The van der Waals surface area contributed by atoms with E-state index in [0.717, 1.165) is 16.6 Å². The van der Waals surface area contributed by atoms with Gasteiger partial charge in [-0.25, -0.2) is 4.98 Å². The summed E-state index contributed by atoms with van der Waals surface area (Å²) in [6.07, 6.45) is 4.37. The van der Waals surface area contributed by atoms with Gasteiger partial charge in [-0.3, -0.25) is 10.1 Å². The van der Waals surface area contributed by atoms with E-state index in [-0.39, 0.29) is 10.9 Å². The lowest BCUT2D eigenvalue weighted by molar-refractivity contribution is -0.115. The van der Waals surface area contributed by atoms with Crippen LogP contribution < -0.4 is 10.6 Å². The minimum Gasteiger partial charge on any atom is -0.507 e. The summed E-state index contributed by atoms with van der Waals surface area (Å²) >= 11 is 5.20. The van der Waals surface area contributed by atoms with E-state index in [2.05, 4.69) is 15.6 Å². The Morgan fingerprint density at radius 3 is 2.81 bits per heavy atom. The number of aromatic nitrogens is 1. The number of anilines is 1. The van der Waals surface area contributed by atoms with Crippen LogP contribution in [0.3, 0.4) is 0 Å². The zero-order valence-electron chi connectivity index (χ0n) is 16.8. The van der Waals surface area contributed by atoms with Crippen molar-refractivity contribution < 1.29 is 18.7 Å². The smallest absolute Gasteiger partial charge is 0.250 e. The second-order valence-electron chi connectivity index (χ2n) is 6.97. The third kappa shape index (κ3) is 4.65. The fraction of sp³-hybridized carbons (Fsp3) is 0.0870. The first-order valence-corrected chi connectivity index (χ1v) is 9.84. The molecule has 0 atom stereocenters. The number of fused-ring (bicyclic) bond motifs is 1. The Bertz CT molecular complexity index is 1310. The molecule has 0 bridgehead atoms. The number of benzene rings is 2. The lowest BCUT2D eigenvalue weighted by Gasteiger charge is -2.10. The molecule has 0 fully saturated rings. The molecule has 0 saturated heterocycles. The standard InChI is InChI=1S/C23H19N3O4S/c1-13-10-14(2)21-18(11-13)25-22(30-21)17-12-15(5-7-19(17)27)24-23(31)26-20(28)8-6-16-4-3-9-29-16/h3-12,27H,1-2H3,(H2,24,26,28,31)/b8-6+. The van der Waals surface area contributed by atoms with Gasteiger partial charge in [-0.05, 0) is 79.7 Å². The van der Waals surface area contributed by atoms with Crippen LogP contribution in [0.5, 0.6) is 5.75 Å². The lowest BCUT2D eigenvalue weighted by atomic mass is 10.1. The first-order valence-electron chi connectivity index (χ1n) is 9.44. The first kappa shape index (κ1) is 20.4. The number of aromatic hydroxyl groups is 1. The number of phenols is 1. The SMILES string of the molecule is Cc1cc(C)c2oc(-c3cc(NC(=S)NC(=O)/C=C/c4ccco4)ccc3O)nc2c1. The van der Waals surface area contributed by atoms with Gasteiger partial charge in [0.1, 0.15) is 17.0 Å². The number of carbonyl (C=O) groups is 1. The number of amides is 1. The number of hydrogen-bond acceptors (Lipinski definition) is 6. The van der Waals surface area contributed by atoms with Crippen molar-refractivity contribution in [1.82, 2.24) is 10.3 Å². The number of furan rings is 1. The number of oxazole rings is 1. The third-order valence-electron chi connectivity index (χ3n) is 4.48. The van der Waals surface area contributed by atoms with Gasteiger partial charge in [-0.15, -0.1) is 0 Å². The van der Waals surface area contributed by atoms with Crippen LogP contribution in [0.2, 0.25) is 0 Å². The first-order chi connectivity index (χ1) is 14.9. The second kappa shape index (κ2) is 8.45. The van der Waals surface area contributed by atoms with Crippen LogP contribution in [0, 0.1) is 13.8 Å². The molecular weight excluding hydrogens is 414 g/mol. The van der Waals surface area contributed by atoms with Gasteiger partial charge in [0.15, 0.2) is 10.7 Å². The molecule has 0 aliphatic rings. The van der Waals surface area contributed by atoms with E-state index in [0.29, 0.717) is 28.5 Å². The number of aryl methyl sites for hydroxylation is 2. The van der Waals surface area contributed by atoms with Crippen LogP contribution in [0.4, 0.5) is 5.69 Å². The predicted molar refractivity (Wildman–Crippen MR) is 123 cm³/mol. The largest absolute Gasteiger partial charge is 0.507 e. The van der Waals surface area contributed by atoms with Crippen LogP contribution in [0.25, 0.3) is 28.6 Å². The number of thiocarbonyl (C=S) groups is 1. The lowest BCUT2D eigenvalue weighted by Crippen LogP contribution is -2.32. The van der Waals surface area contributed by atoms with E-state index < -0.39 is 5.91 Å². The van der Waals surface area contributed by atoms with Crippen molar-refractivity contribution in [2.45, 2.75) is 13.8 Å². The van der Waals surface area contributed by atoms with Crippen LogP contribution >= 0.6 is 12.2 Å².